The van der Waals surface area contributed by atoms with Crippen molar-refractivity contribution >= 4 is 27.4 Å². The zero-order valence-electron chi connectivity index (χ0n) is 11.5. The number of nitrogens with zero attached hydrogens (tertiary/aromatic N) is 3. The van der Waals surface area contributed by atoms with Crippen LogP contribution in [0.5, 0.6) is 0 Å². The Balaban J connectivity index is 1.86. The highest BCUT2D eigenvalue weighted by molar-refractivity contribution is 7.17. The molecule has 1 fully saturated rings. The number of ether oxygens (including phenoxy) is 1. The molecular weight excluding hydrogens is 282 g/mol. The lowest BCUT2D eigenvalue weighted by molar-refractivity contribution is 0.122. The molecule has 0 N–H and O–H groups in total. The van der Waals surface area contributed by atoms with E-state index in [4.69, 9.17) is 14.7 Å². The van der Waals surface area contributed by atoms with Gasteiger partial charge in [0.1, 0.15) is 0 Å². The summed E-state index contributed by atoms with van der Waals surface area (Å²) >= 11 is 1.70. The molecule has 0 spiro atoms. The fraction of sp³-hybridized carbons (Fsp3) is 0.250. The van der Waals surface area contributed by atoms with Gasteiger partial charge in [-0.05, 0) is 11.4 Å². The lowest BCUT2D eigenvalue weighted by Gasteiger charge is -2.28. The Hall–Kier alpha value is -1.98. The van der Waals surface area contributed by atoms with Crippen LogP contribution in [0.4, 0.5) is 5.82 Å². The summed E-state index contributed by atoms with van der Waals surface area (Å²) in [5.41, 5.74) is 2.08. The van der Waals surface area contributed by atoms with Gasteiger partial charge in [0.05, 0.1) is 23.4 Å². The molecule has 5 heteroatoms. The highest BCUT2D eigenvalue weighted by Crippen LogP contribution is 2.31. The number of thiophene rings is 1. The monoisotopic (exact) mass is 297 g/mol. The van der Waals surface area contributed by atoms with Crippen molar-refractivity contribution in [3.63, 3.8) is 0 Å². The lowest BCUT2D eigenvalue weighted by atomic mass is 10.2. The Morgan fingerprint density at radius 1 is 1.00 bits per heavy atom. The molecular formula is C16H15N3OS. The summed E-state index contributed by atoms with van der Waals surface area (Å²) in [6.45, 7) is 3.30. The molecule has 0 saturated carbocycles. The van der Waals surface area contributed by atoms with Gasteiger partial charge in [0.15, 0.2) is 11.6 Å². The van der Waals surface area contributed by atoms with Gasteiger partial charge in [-0.15, -0.1) is 11.3 Å². The minimum Gasteiger partial charge on any atom is -0.378 e. The smallest absolute Gasteiger partial charge is 0.162 e. The van der Waals surface area contributed by atoms with Crippen LogP contribution in [0.2, 0.25) is 0 Å². The van der Waals surface area contributed by atoms with Crippen molar-refractivity contribution in [2.45, 2.75) is 0 Å². The fourth-order valence-electron chi connectivity index (χ4n) is 2.55. The maximum Gasteiger partial charge on any atom is 0.162 e. The molecule has 4 nitrogen and oxygen atoms in total. The number of benzene rings is 1. The van der Waals surface area contributed by atoms with E-state index in [1.54, 1.807) is 11.3 Å². The van der Waals surface area contributed by atoms with E-state index in [1.807, 2.05) is 18.2 Å². The largest absolute Gasteiger partial charge is 0.378 e. The zero-order chi connectivity index (χ0) is 14.1. The topological polar surface area (TPSA) is 38.2 Å². The summed E-state index contributed by atoms with van der Waals surface area (Å²) < 4.78 is 6.61. The lowest BCUT2D eigenvalue weighted by Crippen LogP contribution is -2.36. The Morgan fingerprint density at radius 3 is 2.62 bits per heavy atom. The van der Waals surface area contributed by atoms with Crippen molar-refractivity contribution in [3.05, 3.63) is 41.8 Å². The molecule has 0 atom stereocenters. The number of aromatic nitrogens is 2. The van der Waals surface area contributed by atoms with Gasteiger partial charge in [-0.1, -0.05) is 30.3 Å². The Kier molecular flexibility index (Phi) is 3.29. The SMILES string of the molecule is c1ccc(-c2nc(N3CCOCC3)c3sccc3n2)cc1. The minimum absolute atomic E-state index is 0.761. The van der Waals surface area contributed by atoms with Crippen LogP contribution in [0.15, 0.2) is 41.8 Å². The number of anilines is 1. The van der Waals surface area contributed by atoms with E-state index < -0.39 is 0 Å². The zero-order valence-corrected chi connectivity index (χ0v) is 12.3. The normalized spacial score (nSPS) is 15.5. The second-order valence-electron chi connectivity index (χ2n) is 4.97. The van der Waals surface area contributed by atoms with Gasteiger partial charge in [0.25, 0.3) is 0 Å². The van der Waals surface area contributed by atoms with Crippen LogP contribution in [-0.2, 0) is 4.74 Å². The number of fused-ring (bicyclic) bond motifs is 1. The van der Waals surface area contributed by atoms with E-state index in [0.29, 0.717) is 0 Å². The van der Waals surface area contributed by atoms with E-state index in [0.717, 1.165) is 53.7 Å². The first-order valence-corrected chi connectivity index (χ1v) is 7.93. The summed E-state index contributed by atoms with van der Waals surface area (Å²) in [5, 5.41) is 2.08. The molecule has 0 aliphatic carbocycles. The maximum absolute atomic E-state index is 5.45. The van der Waals surface area contributed by atoms with Crippen LogP contribution in [-0.4, -0.2) is 36.3 Å². The number of hydrogen-bond acceptors (Lipinski definition) is 5. The van der Waals surface area contributed by atoms with Crippen LogP contribution in [0.3, 0.4) is 0 Å². The average Bonchev–Trinajstić information content (AvgIpc) is 3.04. The molecule has 0 radical (unpaired) electrons. The van der Waals surface area contributed by atoms with Crippen molar-refractivity contribution < 1.29 is 4.74 Å². The summed E-state index contributed by atoms with van der Waals surface area (Å²) in [4.78, 5) is 11.8. The average molecular weight is 297 g/mol. The summed E-state index contributed by atoms with van der Waals surface area (Å²) in [5.74, 6) is 1.83. The molecule has 3 heterocycles. The van der Waals surface area contributed by atoms with Gasteiger partial charge in [0, 0.05) is 18.7 Å². The summed E-state index contributed by atoms with van der Waals surface area (Å²) in [6, 6.07) is 12.2. The third-order valence-electron chi connectivity index (χ3n) is 3.63. The van der Waals surface area contributed by atoms with Crippen LogP contribution in [0.25, 0.3) is 21.6 Å². The molecule has 1 aliphatic heterocycles. The first-order chi connectivity index (χ1) is 10.4. The number of morpholine rings is 1. The van der Waals surface area contributed by atoms with Gasteiger partial charge in [-0.3, -0.25) is 0 Å². The van der Waals surface area contributed by atoms with Crippen molar-refractivity contribution in [2.24, 2.45) is 0 Å². The van der Waals surface area contributed by atoms with Gasteiger partial charge in [0.2, 0.25) is 0 Å². The van der Waals surface area contributed by atoms with E-state index in [2.05, 4.69) is 28.5 Å². The molecule has 0 bridgehead atoms. The number of hydrogen-bond donors (Lipinski definition) is 0. The highest BCUT2D eigenvalue weighted by atomic mass is 32.1. The minimum atomic E-state index is 0.761. The second kappa shape index (κ2) is 5.42. The first kappa shape index (κ1) is 12.7. The third-order valence-corrected chi connectivity index (χ3v) is 4.53. The molecule has 1 aromatic carbocycles. The highest BCUT2D eigenvalue weighted by Gasteiger charge is 2.18. The molecule has 0 amide bonds. The van der Waals surface area contributed by atoms with E-state index in [1.165, 1.54) is 0 Å². The number of rotatable bonds is 2. The van der Waals surface area contributed by atoms with Gasteiger partial charge < -0.3 is 9.64 Å². The first-order valence-electron chi connectivity index (χ1n) is 7.05. The van der Waals surface area contributed by atoms with Gasteiger partial charge in [-0.25, -0.2) is 9.97 Å². The van der Waals surface area contributed by atoms with Gasteiger partial charge >= 0.3 is 0 Å². The van der Waals surface area contributed by atoms with Gasteiger partial charge in [-0.2, -0.15) is 0 Å². The van der Waals surface area contributed by atoms with Crippen LogP contribution >= 0.6 is 11.3 Å². The predicted octanol–water partition coefficient (Wildman–Crippen LogP) is 3.19. The maximum atomic E-state index is 5.45. The molecule has 0 unspecified atom stereocenters. The third kappa shape index (κ3) is 2.39. The fourth-order valence-corrected chi connectivity index (χ4v) is 3.40. The van der Waals surface area contributed by atoms with E-state index in [-0.39, 0.29) is 0 Å². The molecule has 21 heavy (non-hydrogen) atoms. The quantitative estimate of drug-likeness (QED) is 0.728. The van der Waals surface area contributed by atoms with Crippen LogP contribution < -0.4 is 4.90 Å². The van der Waals surface area contributed by atoms with E-state index in [9.17, 15) is 0 Å². The molecule has 4 rings (SSSR count). The Labute approximate surface area is 127 Å². The van der Waals surface area contributed by atoms with E-state index >= 15 is 0 Å². The molecule has 3 aromatic rings. The molecule has 2 aromatic heterocycles. The van der Waals surface area contributed by atoms with Crippen molar-refractivity contribution in [1.29, 1.82) is 0 Å². The second-order valence-corrected chi connectivity index (χ2v) is 5.89. The Morgan fingerprint density at radius 2 is 1.81 bits per heavy atom. The standard InChI is InChI=1S/C16H15N3OS/c1-2-4-12(5-3-1)15-17-13-6-11-21-14(13)16(18-15)19-7-9-20-10-8-19/h1-6,11H,7-10H2. The molecule has 1 saturated heterocycles. The Bertz CT molecular complexity index is 751. The van der Waals surface area contributed by atoms with Crippen molar-refractivity contribution in [1.82, 2.24) is 9.97 Å². The predicted molar refractivity (Wildman–Crippen MR) is 85.9 cm³/mol. The van der Waals surface area contributed by atoms with Crippen molar-refractivity contribution in [2.75, 3.05) is 31.2 Å². The molecule has 106 valence electrons. The van der Waals surface area contributed by atoms with Crippen LogP contribution in [0, 0.1) is 0 Å². The summed E-state index contributed by atoms with van der Waals surface area (Å²) in [7, 11) is 0. The van der Waals surface area contributed by atoms with Crippen molar-refractivity contribution in [3.8, 4) is 11.4 Å². The molecule has 1 aliphatic rings. The van der Waals surface area contributed by atoms with Crippen LogP contribution in [0.1, 0.15) is 0 Å². The summed E-state index contributed by atoms with van der Waals surface area (Å²) in [6.07, 6.45) is 0.